The molecule has 0 fully saturated rings. The van der Waals surface area contributed by atoms with Crippen LogP contribution in [-0.2, 0) is 11.3 Å². The Morgan fingerprint density at radius 2 is 1.87 bits per heavy atom. The number of carbonyl (C=O) groups is 1. The highest BCUT2D eigenvalue weighted by Crippen LogP contribution is 2.26. The van der Waals surface area contributed by atoms with Crippen LogP contribution in [0.15, 0.2) is 53.7 Å². The minimum absolute atomic E-state index is 0.106. The van der Waals surface area contributed by atoms with Crippen molar-refractivity contribution in [2.75, 3.05) is 17.7 Å². The number of hydrogen-bond donors (Lipinski definition) is 1. The predicted molar refractivity (Wildman–Crippen MR) is 123 cm³/mol. The summed E-state index contributed by atoms with van der Waals surface area (Å²) in [4.78, 5) is 12.4. The largest absolute Gasteiger partial charge is 0.494 e. The molecule has 0 spiro atoms. The molecule has 0 aliphatic rings. The van der Waals surface area contributed by atoms with E-state index in [9.17, 15) is 4.79 Å². The molecule has 1 unspecified atom stereocenters. The van der Waals surface area contributed by atoms with Crippen LogP contribution in [0.2, 0.25) is 0 Å². The Morgan fingerprint density at radius 3 is 2.55 bits per heavy atom. The molecule has 0 aliphatic carbocycles. The molecule has 0 saturated carbocycles. The average Bonchev–Trinajstić information content (AvgIpc) is 3.18. The molecular weight excluding hydrogens is 412 g/mol. The van der Waals surface area contributed by atoms with E-state index in [1.165, 1.54) is 11.8 Å². The van der Waals surface area contributed by atoms with Crippen molar-refractivity contribution in [1.82, 2.24) is 14.8 Å². The second-order valence-electron chi connectivity index (χ2n) is 6.90. The van der Waals surface area contributed by atoms with E-state index in [1.54, 1.807) is 0 Å². The molecule has 0 aliphatic heterocycles. The summed E-state index contributed by atoms with van der Waals surface area (Å²) in [6.45, 7) is 9.22. The number of thioether (sulfide) groups is 1. The van der Waals surface area contributed by atoms with Gasteiger partial charge < -0.3 is 19.4 Å². The molecule has 0 bridgehead atoms. The molecule has 1 N–H and O–H groups in total. The second-order valence-corrected chi connectivity index (χ2v) is 7.85. The lowest BCUT2D eigenvalue weighted by Crippen LogP contribution is -2.15. The number of ether oxygens (including phenoxy) is 2. The van der Waals surface area contributed by atoms with Crippen LogP contribution in [0.4, 0.5) is 5.69 Å². The van der Waals surface area contributed by atoms with E-state index < -0.39 is 0 Å². The van der Waals surface area contributed by atoms with Crippen LogP contribution in [-0.4, -0.2) is 33.0 Å². The van der Waals surface area contributed by atoms with Gasteiger partial charge in [-0.25, -0.2) is 0 Å². The molecule has 1 heterocycles. The van der Waals surface area contributed by atoms with Crippen molar-refractivity contribution < 1.29 is 14.3 Å². The fourth-order valence-electron chi connectivity index (χ4n) is 3.06. The summed E-state index contributed by atoms with van der Waals surface area (Å²) in [7, 11) is 0. The van der Waals surface area contributed by atoms with Crippen molar-refractivity contribution in [3.05, 3.63) is 59.9 Å². The maximum Gasteiger partial charge on any atom is 0.234 e. The molecule has 3 aromatic rings. The van der Waals surface area contributed by atoms with Crippen molar-refractivity contribution in [3.63, 3.8) is 0 Å². The molecular formula is C23H28N4O3S. The topological polar surface area (TPSA) is 78.3 Å². The lowest BCUT2D eigenvalue weighted by atomic mass is 10.2. The third-order valence-corrected chi connectivity index (χ3v) is 5.57. The van der Waals surface area contributed by atoms with Crippen LogP contribution in [0.5, 0.6) is 11.5 Å². The van der Waals surface area contributed by atoms with Crippen LogP contribution >= 0.6 is 11.8 Å². The summed E-state index contributed by atoms with van der Waals surface area (Å²) in [5.74, 6) is 2.47. The molecule has 0 radical (unpaired) electrons. The fourth-order valence-corrected chi connectivity index (χ4v) is 3.87. The summed E-state index contributed by atoms with van der Waals surface area (Å²) >= 11 is 1.36. The van der Waals surface area contributed by atoms with E-state index in [-0.39, 0.29) is 17.8 Å². The molecule has 164 valence electrons. The summed E-state index contributed by atoms with van der Waals surface area (Å²) < 4.78 is 13.5. The Labute approximate surface area is 187 Å². The number of nitrogens with zero attached hydrogens (tertiary/aromatic N) is 3. The molecule has 1 aromatic heterocycles. The number of para-hydroxylation sites is 1. The van der Waals surface area contributed by atoms with Gasteiger partial charge in [-0.3, -0.25) is 4.79 Å². The van der Waals surface area contributed by atoms with Gasteiger partial charge >= 0.3 is 0 Å². The van der Waals surface area contributed by atoms with Crippen LogP contribution < -0.4 is 14.8 Å². The van der Waals surface area contributed by atoms with Gasteiger partial charge in [-0.2, -0.15) is 0 Å². The number of nitrogens with one attached hydrogen (secondary N) is 1. The van der Waals surface area contributed by atoms with Crippen molar-refractivity contribution in [2.24, 2.45) is 0 Å². The molecule has 1 atom stereocenters. The Morgan fingerprint density at radius 1 is 1.13 bits per heavy atom. The van der Waals surface area contributed by atoms with Gasteiger partial charge in [-0.15, -0.1) is 10.2 Å². The van der Waals surface area contributed by atoms with Crippen molar-refractivity contribution in [1.29, 1.82) is 0 Å². The van der Waals surface area contributed by atoms with Crippen LogP contribution in [0, 0.1) is 6.92 Å². The lowest BCUT2D eigenvalue weighted by molar-refractivity contribution is -0.113. The number of carbonyl (C=O) groups excluding carboxylic acids is 1. The zero-order valence-corrected chi connectivity index (χ0v) is 19.1. The summed E-state index contributed by atoms with van der Waals surface area (Å²) in [5.41, 5.74) is 1.80. The summed E-state index contributed by atoms with van der Waals surface area (Å²) in [5, 5.41) is 12.2. The monoisotopic (exact) mass is 440 g/mol. The van der Waals surface area contributed by atoms with E-state index in [0.29, 0.717) is 18.3 Å². The van der Waals surface area contributed by atoms with E-state index in [2.05, 4.69) is 15.5 Å². The fraction of sp³-hybridized carbons (Fsp3) is 0.348. The van der Waals surface area contributed by atoms with Gasteiger partial charge in [0.1, 0.15) is 11.5 Å². The normalized spacial score (nSPS) is 11.7. The van der Waals surface area contributed by atoms with E-state index in [4.69, 9.17) is 9.47 Å². The average molecular weight is 441 g/mol. The number of benzene rings is 2. The Balaban J connectivity index is 1.60. The highest BCUT2D eigenvalue weighted by atomic mass is 32.2. The lowest BCUT2D eigenvalue weighted by Gasteiger charge is -2.17. The van der Waals surface area contributed by atoms with Gasteiger partial charge in [0.25, 0.3) is 0 Å². The predicted octanol–water partition coefficient (Wildman–Crippen LogP) is 4.88. The SMILES string of the molecule is CCOc1ccc(NC(=O)CSc2nnc(C(C)Oc3ccccc3C)n2CC)cc1. The van der Waals surface area contributed by atoms with Gasteiger partial charge in [0.2, 0.25) is 5.91 Å². The molecule has 3 rings (SSSR count). The zero-order chi connectivity index (χ0) is 22.2. The number of anilines is 1. The number of aryl methyl sites for hydroxylation is 1. The number of hydrogen-bond acceptors (Lipinski definition) is 6. The quantitative estimate of drug-likeness (QED) is 0.453. The number of amides is 1. The number of rotatable bonds is 10. The van der Waals surface area contributed by atoms with E-state index in [0.717, 1.165) is 28.6 Å². The molecule has 31 heavy (non-hydrogen) atoms. The minimum atomic E-state index is -0.263. The summed E-state index contributed by atoms with van der Waals surface area (Å²) in [6, 6.07) is 15.2. The highest BCUT2D eigenvalue weighted by Gasteiger charge is 2.20. The Hall–Kier alpha value is -3.00. The molecule has 7 nitrogen and oxygen atoms in total. The van der Waals surface area contributed by atoms with Crippen LogP contribution in [0.1, 0.15) is 38.3 Å². The first kappa shape index (κ1) is 22.7. The van der Waals surface area contributed by atoms with E-state index in [1.807, 2.05) is 80.8 Å². The maximum absolute atomic E-state index is 12.4. The number of aromatic nitrogens is 3. The first-order chi connectivity index (χ1) is 15.0. The Kier molecular flexibility index (Phi) is 7.94. The van der Waals surface area contributed by atoms with E-state index >= 15 is 0 Å². The molecule has 1 amide bonds. The smallest absolute Gasteiger partial charge is 0.234 e. The van der Waals surface area contributed by atoms with Crippen molar-refractivity contribution in [2.45, 2.75) is 45.5 Å². The minimum Gasteiger partial charge on any atom is -0.494 e. The molecule has 2 aromatic carbocycles. The summed E-state index contributed by atoms with van der Waals surface area (Å²) in [6.07, 6.45) is -0.263. The first-order valence-corrected chi connectivity index (χ1v) is 11.3. The van der Waals surface area contributed by atoms with Gasteiger partial charge in [0.15, 0.2) is 17.1 Å². The maximum atomic E-state index is 12.4. The molecule has 0 saturated heterocycles. The molecule has 8 heteroatoms. The van der Waals surface area contributed by atoms with Gasteiger partial charge in [-0.05, 0) is 63.6 Å². The van der Waals surface area contributed by atoms with Crippen molar-refractivity contribution in [3.8, 4) is 11.5 Å². The third kappa shape index (κ3) is 6.01. The van der Waals surface area contributed by atoms with Crippen LogP contribution in [0.25, 0.3) is 0 Å². The zero-order valence-electron chi connectivity index (χ0n) is 18.3. The second kappa shape index (κ2) is 10.9. The van der Waals surface area contributed by atoms with Gasteiger partial charge in [0.05, 0.1) is 12.4 Å². The van der Waals surface area contributed by atoms with Crippen LogP contribution in [0.3, 0.4) is 0 Å². The third-order valence-electron chi connectivity index (χ3n) is 4.60. The highest BCUT2D eigenvalue weighted by molar-refractivity contribution is 7.99. The standard InChI is InChI=1S/C23H28N4O3S/c1-5-27-22(17(4)30-20-10-8-7-9-16(20)3)25-26-23(27)31-15-21(28)24-18-11-13-19(14-12-18)29-6-2/h7-14,17H,5-6,15H2,1-4H3,(H,24,28). The van der Waals surface area contributed by atoms with Gasteiger partial charge in [0, 0.05) is 12.2 Å². The Bertz CT molecular complexity index is 1000. The van der Waals surface area contributed by atoms with Crippen molar-refractivity contribution >= 4 is 23.4 Å². The first-order valence-electron chi connectivity index (χ1n) is 10.3. The van der Waals surface area contributed by atoms with Gasteiger partial charge in [-0.1, -0.05) is 30.0 Å².